The molecule has 0 saturated heterocycles. The molecule has 0 N–H and O–H groups in total. The predicted octanol–water partition coefficient (Wildman–Crippen LogP) is 3.56. The number of allylic oxidation sites excluding steroid dienone is 1. The van der Waals surface area contributed by atoms with Crippen LogP contribution in [0.5, 0.6) is 5.75 Å². The van der Waals surface area contributed by atoms with E-state index in [1.165, 1.54) is 12.5 Å². The van der Waals surface area contributed by atoms with Crippen LogP contribution < -0.4 is 4.74 Å². The number of fused-ring (bicyclic) bond motifs is 1. The first-order valence-corrected chi connectivity index (χ1v) is 7.10. The molecule has 0 amide bonds. The summed E-state index contributed by atoms with van der Waals surface area (Å²) in [6, 6.07) is 5.84. The van der Waals surface area contributed by atoms with Gasteiger partial charge in [0.25, 0.3) is 0 Å². The van der Waals surface area contributed by atoms with Crippen LogP contribution in [0.15, 0.2) is 40.6 Å². The highest BCUT2D eigenvalue weighted by Gasteiger charge is 2.16. The Kier molecular flexibility index (Phi) is 3.86. The number of hydrogen-bond donors (Lipinski definition) is 0. The zero-order valence-corrected chi connectivity index (χ0v) is 12.0. The summed E-state index contributed by atoms with van der Waals surface area (Å²) in [6.07, 6.45) is 9.10. The molecule has 0 saturated carbocycles. The number of hydrogen-bond acceptors (Lipinski definition) is 4. The Morgan fingerprint density at radius 3 is 3.00 bits per heavy atom. The first kappa shape index (κ1) is 13.6. The molecular weight excluding hydrogens is 266 g/mol. The quantitative estimate of drug-likeness (QED) is 0.636. The molecular formula is C17H17NO3. The number of aromatic nitrogens is 1. The molecule has 1 heterocycles. The van der Waals surface area contributed by atoms with E-state index in [2.05, 4.69) is 17.1 Å². The van der Waals surface area contributed by atoms with Gasteiger partial charge in [-0.25, -0.2) is 4.98 Å². The third-order valence-corrected chi connectivity index (χ3v) is 3.62. The molecule has 1 aliphatic carbocycles. The highest BCUT2D eigenvalue weighted by Crippen LogP contribution is 2.32. The van der Waals surface area contributed by atoms with Gasteiger partial charge in [0.1, 0.15) is 12.0 Å². The van der Waals surface area contributed by atoms with E-state index in [9.17, 15) is 4.79 Å². The molecule has 0 spiro atoms. The molecule has 0 fully saturated rings. The molecule has 1 aliphatic rings. The van der Waals surface area contributed by atoms with Crippen molar-refractivity contribution in [3.05, 3.63) is 53.2 Å². The lowest BCUT2D eigenvalue weighted by molar-refractivity contribution is -0.131. The van der Waals surface area contributed by atoms with Gasteiger partial charge in [-0.15, -0.1) is 0 Å². The van der Waals surface area contributed by atoms with E-state index in [-0.39, 0.29) is 5.97 Å². The van der Waals surface area contributed by atoms with Crippen LogP contribution in [-0.2, 0) is 17.6 Å². The maximum atomic E-state index is 11.1. The van der Waals surface area contributed by atoms with Crippen LogP contribution in [0, 0.1) is 0 Å². The van der Waals surface area contributed by atoms with Crippen LogP contribution in [0.3, 0.4) is 0 Å². The first-order valence-electron chi connectivity index (χ1n) is 7.10. The minimum Gasteiger partial charge on any atom is -0.449 e. The highest BCUT2D eigenvalue weighted by atomic mass is 16.5. The molecule has 3 rings (SSSR count). The number of rotatable bonds is 4. The third-order valence-electron chi connectivity index (χ3n) is 3.62. The van der Waals surface area contributed by atoms with Gasteiger partial charge in [0.2, 0.25) is 0 Å². The van der Waals surface area contributed by atoms with Crippen molar-refractivity contribution in [2.45, 2.75) is 32.6 Å². The lowest BCUT2D eigenvalue weighted by Gasteiger charge is -2.18. The molecule has 4 nitrogen and oxygen atoms in total. The normalized spacial score (nSPS) is 13.5. The van der Waals surface area contributed by atoms with Crippen molar-refractivity contribution in [2.75, 3.05) is 0 Å². The van der Waals surface area contributed by atoms with Crippen LogP contribution in [0.25, 0.3) is 6.08 Å². The molecule has 1 aromatic heterocycles. The predicted molar refractivity (Wildman–Crippen MR) is 78.9 cm³/mol. The molecule has 1 aromatic carbocycles. The van der Waals surface area contributed by atoms with Crippen LogP contribution >= 0.6 is 0 Å². The summed E-state index contributed by atoms with van der Waals surface area (Å²) in [5.74, 6) is 1.18. The van der Waals surface area contributed by atoms with Gasteiger partial charge in [-0.1, -0.05) is 23.8 Å². The summed E-state index contributed by atoms with van der Waals surface area (Å²) in [5, 5.41) is 0. The van der Waals surface area contributed by atoms with Crippen molar-refractivity contribution in [1.29, 1.82) is 0 Å². The maximum Gasteiger partial charge on any atom is 0.308 e. The van der Waals surface area contributed by atoms with E-state index < -0.39 is 0 Å². The second-order valence-corrected chi connectivity index (χ2v) is 5.15. The van der Waals surface area contributed by atoms with E-state index in [1.807, 2.05) is 12.1 Å². The van der Waals surface area contributed by atoms with Gasteiger partial charge < -0.3 is 9.15 Å². The van der Waals surface area contributed by atoms with Crippen LogP contribution in [0.4, 0.5) is 0 Å². The lowest BCUT2D eigenvalue weighted by Crippen LogP contribution is -2.07. The van der Waals surface area contributed by atoms with Crippen molar-refractivity contribution in [3.63, 3.8) is 0 Å². The molecule has 0 aliphatic heterocycles. The molecule has 21 heavy (non-hydrogen) atoms. The number of nitrogens with zero attached hydrogens (tertiary/aromatic N) is 1. The molecule has 4 heteroatoms. The van der Waals surface area contributed by atoms with E-state index in [0.29, 0.717) is 5.75 Å². The van der Waals surface area contributed by atoms with Crippen LogP contribution in [0.2, 0.25) is 0 Å². The molecule has 0 atom stereocenters. The molecule has 0 bridgehead atoms. The van der Waals surface area contributed by atoms with Crippen LogP contribution in [0.1, 0.15) is 36.8 Å². The van der Waals surface area contributed by atoms with Gasteiger partial charge in [-0.2, -0.15) is 0 Å². The van der Waals surface area contributed by atoms with Crippen molar-refractivity contribution in [2.24, 2.45) is 0 Å². The highest BCUT2D eigenvalue weighted by molar-refractivity contribution is 5.71. The summed E-state index contributed by atoms with van der Waals surface area (Å²) in [6.45, 7) is 1.43. The minimum atomic E-state index is -0.276. The summed E-state index contributed by atoms with van der Waals surface area (Å²) >= 11 is 0. The fraction of sp³-hybridized carbons (Fsp3) is 0.294. The second-order valence-electron chi connectivity index (χ2n) is 5.15. The van der Waals surface area contributed by atoms with Gasteiger partial charge in [0.05, 0.1) is 6.20 Å². The minimum absolute atomic E-state index is 0.276. The first-order chi connectivity index (χ1) is 10.2. The van der Waals surface area contributed by atoms with E-state index in [1.54, 1.807) is 12.5 Å². The van der Waals surface area contributed by atoms with Crippen molar-refractivity contribution in [1.82, 2.24) is 4.98 Å². The monoisotopic (exact) mass is 283 g/mol. The zero-order chi connectivity index (χ0) is 14.7. The van der Waals surface area contributed by atoms with Gasteiger partial charge in [-0.05, 0) is 30.9 Å². The number of aryl methyl sites for hydroxylation is 1. The average Bonchev–Trinajstić information content (AvgIpc) is 2.98. The van der Waals surface area contributed by atoms with Gasteiger partial charge in [-0.3, -0.25) is 4.79 Å². The summed E-state index contributed by atoms with van der Waals surface area (Å²) in [7, 11) is 0. The zero-order valence-electron chi connectivity index (χ0n) is 12.0. The van der Waals surface area contributed by atoms with Crippen molar-refractivity contribution >= 4 is 12.0 Å². The molecule has 108 valence electrons. The van der Waals surface area contributed by atoms with Gasteiger partial charge >= 0.3 is 5.97 Å². The van der Waals surface area contributed by atoms with E-state index in [0.717, 1.165) is 42.7 Å². The number of benzene rings is 1. The van der Waals surface area contributed by atoms with Crippen molar-refractivity contribution in [3.8, 4) is 5.75 Å². The Balaban J connectivity index is 1.76. The largest absolute Gasteiger partial charge is 0.449 e. The van der Waals surface area contributed by atoms with Crippen molar-refractivity contribution < 1.29 is 13.9 Å². The number of carbonyl (C=O) groups is 1. The number of carbonyl (C=O) groups excluding carboxylic acids is 1. The van der Waals surface area contributed by atoms with Gasteiger partial charge in [0, 0.05) is 18.9 Å². The SMILES string of the molecule is CC(=O)Oc1cccc2c1CCC(CCc1ncco1)=C2. The Labute approximate surface area is 123 Å². The maximum absolute atomic E-state index is 11.1. The lowest BCUT2D eigenvalue weighted by atomic mass is 9.89. The second kappa shape index (κ2) is 5.95. The standard InChI is InChI=1S/C17H17NO3/c1-12(19)21-16-4-2-3-14-11-13(5-7-15(14)16)6-8-17-18-9-10-20-17/h2-4,9-11H,5-8H2,1H3. The topological polar surface area (TPSA) is 52.3 Å². The van der Waals surface area contributed by atoms with Gasteiger partial charge in [0.15, 0.2) is 5.89 Å². The number of esters is 1. The Morgan fingerprint density at radius 2 is 2.24 bits per heavy atom. The van der Waals surface area contributed by atoms with E-state index in [4.69, 9.17) is 9.15 Å². The molecule has 2 aromatic rings. The Bertz CT molecular complexity index is 671. The Morgan fingerprint density at radius 1 is 1.33 bits per heavy atom. The molecule has 0 radical (unpaired) electrons. The third kappa shape index (κ3) is 3.21. The number of oxazole rings is 1. The fourth-order valence-electron chi connectivity index (χ4n) is 2.65. The fourth-order valence-corrected chi connectivity index (χ4v) is 2.65. The summed E-state index contributed by atoms with van der Waals surface area (Å²) < 4.78 is 10.5. The Hall–Kier alpha value is -2.36. The molecule has 0 unspecified atom stereocenters. The average molecular weight is 283 g/mol. The summed E-state index contributed by atoms with van der Waals surface area (Å²) in [5.41, 5.74) is 3.63. The number of ether oxygens (including phenoxy) is 1. The van der Waals surface area contributed by atoms with E-state index >= 15 is 0 Å². The van der Waals surface area contributed by atoms with Crippen LogP contribution in [-0.4, -0.2) is 11.0 Å². The smallest absolute Gasteiger partial charge is 0.308 e. The summed E-state index contributed by atoms with van der Waals surface area (Å²) in [4.78, 5) is 15.3.